The summed E-state index contributed by atoms with van der Waals surface area (Å²) in [5.41, 5.74) is 7.81. The molecule has 3 N–H and O–H groups in total. The molecular formula is C14H11F2N3. The average Bonchev–Trinajstić information content (AvgIpc) is 2.32. The Balaban J connectivity index is 2.28. The average molecular weight is 259 g/mol. The van der Waals surface area contributed by atoms with Crippen LogP contribution in [0.5, 0.6) is 0 Å². The van der Waals surface area contributed by atoms with Gasteiger partial charge in [-0.05, 0) is 35.9 Å². The first-order valence-electron chi connectivity index (χ1n) is 5.57. The second-order valence-electron chi connectivity index (χ2n) is 4.03. The fourth-order valence-electron chi connectivity index (χ4n) is 1.71. The number of nitrogens with zero attached hydrogens (tertiary/aromatic N) is 1. The van der Waals surface area contributed by atoms with E-state index in [4.69, 9.17) is 11.0 Å². The number of nitrogen functional groups attached to an aromatic ring is 1. The second-order valence-corrected chi connectivity index (χ2v) is 4.03. The van der Waals surface area contributed by atoms with E-state index >= 15 is 0 Å². The van der Waals surface area contributed by atoms with Gasteiger partial charge in [-0.15, -0.1) is 0 Å². The molecule has 0 aromatic heterocycles. The number of anilines is 3. The van der Waals surface area contributed by atoms with E-state index in [1.165, 1.54) is 12.1 Å². The molecule has 0 aliphatic heterocycles. The maximum absolute atomic E-state index is 13.1. The zero-order chi connectivity index (χ0) is 13.8. The van der Waals surface area contributed by atoms with Crippen LogP contribution in [0.3, 0.4) is 0 Å². The van der Waals surface area contributed by atoms with Crippen LogP contribution in [0, 0.1) is 23.0 Å². The lowest BCUT2D eigenvalue weighted by atomic mass is 10.1. The summed E-state index contributed by atoms with van der Waals surface area (Å²) in [6.45, 7) is 0. The Bertz CT molecular complexity index is 627. The minimum Gasteiger partial charge on any atom is -0.398 e. The van der Waals surface area contributed by atoms with Crippen molar-refractivity contribution in [3.8, 4) is 6.07 Å². The van der Waals surface area contributed by atoms with Gasteiger partial charge in [0.1, 0.15) is 11.6 Å². The molecule has 0 fully saturated rings. The molecule has 0 unspecified atom stereocenters. The normalized spacial score (nSPS) is 9.95. The molecule has 0 bridgehead atoms. The summed E-state index contributed by atoms with van der Waals surface area (Å²) in [6.07, 6.45) is 0.179. The van der Waals surface area contributed by atoms with Gasteiger partial charge in [0.05, 0.1) is 12.5 Å². The van der Waals surface area contributed by atoms with E-state index in [2.05, 4.69) is 5.32 Å². The van der Waals surface area contributed by atoms with Gasteiger partial charge >= 0.3 is 0 Å². The third-order valence-corrected chi connectivity index (χ3v) is 2.56. The van der Waals surface area contributed by atoms with Gasteiger partial charge in [0, 0.05) is 23.1 Å². The Morgan fingerprint density at radius 1 is 1.05 bits per heavy atom. The largest absolute Gasteiger partial charge is 0.398 e. The topological polar surface area (TPSA) is 61.8 Å². The van der Waals surface area contributed by atoms with Crippen molar-refractivity contribution in [3.63, 3.8) is 0 Å². The summed E-state index contributed by atoms with van der Waals surface area (Å²) >= 11 is 0. The quantitative estimate of drug-likeness (QED) is 0.831. The molecule has 0 aliphatic carbocycles. The molecule has 0 amide bonds. The van der Waals surface area contributed by atoms with E-state index in [1.807, 2.05) is 6.07 Å². The summed E-state index contributed by atoms with van der Waals surface area (Å²) in [5, 5.41) is 11.5. The van der Waals surface area contributed by atoms with Gasteiger partial charge in [-0.1, -0.05) is 0 Å². The van der Waals surface area contributed by atoms with E-state index in [9.17, 15) is 8.78 Å². The predicted molar refractivity (Wildman–Crippen MR) is 69.8 cm³/mol. The van der Waals surface area contributed by atoms with Crippen molar-refractivity contribution in [1.82, 2.24) is 0 Å². The Labute approximate surface area is 109 Å². The number of halogens is 2. The van der Waals surface area contributed by atoms with Crippen LogP contribution in [0.4, 0.5) is 25.8 Å². The highest BCUT2D eigenvalue weighted by molar-refractivity contribution is 5.64. The van der Waals surface area contributed by atoms with E-state index in [0.29, 0.717) is 22.6 Å². The first-order chi connectivity index (χ1) is 9.08. The van der Waals surface area contributed by atoms with Gasteiger partial charge in [0.2, 0.25) is 0 Å². The fraction of sp³-hybridized carbons (Fsp3) is 0.0714. The lowest BCUT2D eigenvalue weighted by Crippen LogP contribution is -1.97. The van der Waals surface area contributed by atoms with Gasteiger partial charge in [-0.25, -0.2) is 8.78 Å². The fourth-order valence-corrected chi connectivity index (χ4v) is 1.71. The summed E-state index contributed by atoms with van der Waals surface area (Å²) in [7, 11) is 0. The van der Waals surface area contributed by atoms with Crippen molar-refractivity contribution in [2.24, 2.45) is 0 Å². The van der Waals surface area contributed by atoms with Crippen molar-refractivity contribution in [2.75, 3.05) is 11.1 Å². The third kappa shape index (κ3) is 3.19. The molecule has 0 saturated carbocycles. The van der Waals surface area contributed by atoms with Gasteiger partial charge < -0.3 is 11.1 Å². The number of nitrogens with one attached hydrogen (secondary N) is 1. The van der Waals surface area contributed by atoms with Crippen molar-refractivity contribution in [3.05, 3.63) is 53.6 Å². The molecule has 5 heteroatoms. The zero-order valence-corrected chi connectivity index (χ0v) is 9.95. The molecule has 2 aromatic rings. The van der Waals surface area contributed by atoms with E-state index in [0.717, 1.165) is 6.07 Å². The Hall–Kier alpha value is -2.61. The Morgan fingerprint density at radius 3 is 2.37 bits per heavy atom. The number of rotatable bonds is 3. The summed E-state index contributed by atoms with van der Waals surface area (Å²) in [6, 6.07) is 10.2. The molecule has 0 radical (unpaired) electrons. The van der Waals surface area contributed by atoms with Crippen LogP contribution in [0.15, 0.2) is 36.4 Å². The van der Waals surface area contributed by atoms with E-state index in [-0.39, 0.29) is 6.42 Å². The van der Waals surface area contributed by atoms with Crippen LogP contribution >= 0.6 is 0 Å². The van der Waals surface area contributed by atoms with Gasteiger partial charge in [0.25, 0.3) is 0 Å². The van der Waals surface area contributed by atoms with Gasteiger partial charge in [-0.3, -0.25) is 0 Å². The number of nitriles is 1. The summed E-state index contributed by atoms with van der Waals surface area (Å²) < 4.78 is 26.1. The van der Waals surface area contributed by atoms with Crippen LogP contribution < -0.4 is 11.1 Å². The lowest BCUT2D eigenvalue weighted by molar-refractivity contribution is 0.584. The summed E-state index contributed by atoms with van der Waals surface area (Å²) in [4.78, 5) is 0. The molecule has 0 saturated heterocycles. The Kier molecular flexibility index (Phi) is 3.62. The number of hydrogen-bond acceptors (Lipinski definition) is 3. The van der Waals surface area contributed by atoms with Crippen molar-refractivity contribution in [2.45, 2.75) is 6.42 Å². The molecule has 0 heterocycles. The lowest BCUT2D eigenvalue weighted by Gasteiger charge is -2.09. The van der Waals surface area contributed by atoms with Crippen molar-refractivity contribution < 1.29 is 8.78 Å². The number of nitrogens with two attached hydrogens (primary N) is 1. The molecule has 3 nitrogen and oxygen atoms in total. The Morgan fingerprint density at radius 2 is 1.74 bits per heavy atom. The summed E-state index contributed by atoms with van der Waals surface area (Å²) in [5.74, 6) is -1.31. The molecule has 2 rings (SSSR count). The standard InChI is InChI=1S/C14H11F2N3/c15-10-6-11(16)8-13(7-10)19-12-1-2-14(18)9(5-12)3-4-17/h1-2,5-8,19H,3,18H2. The van der Waals surface area contributed by atoms with Crippen LogP contribution in [-0.2, 0) is 6.42 Å². The van der Waals surface area contributed by atoms with Gasteiger partial charge in [-0.2, -0.15) is 5.26 Å². The molecule has 19 heavy (non-hydrogen) atoms. The second kappa shape index (κ2) is 5.36. The van der Waals surface area contributed by atoms with E-state index in [1.54, 1.807) is 18.2 Å². The van der Waals surface area contributed by atoms with Gasteiger partial charge in [0.15, 0.2) is 0 Å². The predicted octanol–water partition coefficient (Wildman–Crippen LogP) is 3.36. The molecular weight excluding hydrogens is 248 g/mol. The SMILES string of the molecule is N#CCc1cc(Nc2cc(F)cc(F)c2)ccc1N. The highest BCUT2D eigenvalue weighted by atomic mass is 19.1. The van der Waals surface area contributed by atoms with Crippen LogP contribution in [0.1, 0.15) is 5.56 Å². The number of hydrogen-bond donors (Lipinski definition) is 2. The van der Waals surface area contributed by atoms with Crippen LogP contribution in [-0.4, -0.2) is 0 Å². The monoisotopic (exact) mass is 259 g/mol. The first kappa shape index (κ1) is 12.8. The molecule has 0 atom stereocenters. The maximum atomic E-state index is 13.1. The maximum Gasteiger partial charge on any atom is 0.128 e. The molecule has 96 valence electrons. The smallest absolute Gasteiger partial charge is 0.128 e. The minimum absolute atomic E-state index is 0.179. The van der Waals surface area contributed by atoms with Crippen molar-refractivity contribution in [1.29, 1.82) is 5.26 Å². The highest BCUT2D eigenvalue weighted by Gasteiger charge is 2.04. The first-order valence-corrected chi connectivity index (χ1v) is 5.57. The number of benzene rings is 2. The zero-order valence-electron chi connectivity index (χ0n) is 9.95. The molecule has 0 spiro atoms. The highest BCUT2D eigenvalue weighted by Crippen LogP contribution is 2.23. The van der Waals surface area contributed by atoms with E-state index < -0.39 is 11.6 Å². The molecule has 2 aromatic carbocycles. The van der Waals surface area contributed by atoms with Crippen LogP contribution in [0.25, 0.3) is 0 Å². The third-order valence-electron chi connectivity index (χ3n) is 2.56. The van der Waals surface area contributed by atoms with Crippen LogP contribution in [0.2, 0.25) is 0 Å². The van der Waals surface area contributed by atoms with Crippen molar-refractivity contribution >= 4 is 17.1 Å². The minimum atomic E-state index is -0.657. The molecule has 0 aliphatic rings.